The summed E-state index contributed by atoms with van der Waals surface area (Å²) in [5.74, 6) is 2.55. The predicted molar refractivity (Wildman–Crippen MR) is 84.1 cm³/mol. The van der Waals surface area contributed by atoms with E-state index in [1.165, 1.54) is 54.9 Å². The third-order valence-corrected chi connectivity index (χ3v) is 5.84. The highest BCUT2D eigenvalue weighted by Crippen LogP contribution is 2.28. The van der Waals surface area contributed by atoms with Crippen molar-refractivity contribution in [2.24, 2.45) is 0 Å². The van der Waals surface area contributed by atoms with Crippen LogP contribution < -0.4 is 0 Å². The van der Waals surface area contributed by atoms with E-state index in [0.717, 1.165) is 6.04 Å². The van der Waals surface area contributed by atoms with Gasteiger partial charge in [0.25, 0.3) is 0 Å². The van der Waals surface area contributed by atoms with Crippen LogP contribution in [0.3, 0.4) is 0 Å². The fourth-order valence-corrected chi connectivity index (χ4v) is 3.75. The number of thioether (sulfide) groups is 1. The van der Waals surface area contributed by atoms with Gasteiger partial charge in [-0.05, 0) is 25.5 Å². The lowest BCUT2D eigenvalue weighted by molar-refractivity contribution is -0.946. The fourth-order valence-electron chi connectivity index (χ4n) is 3.10. The molecule has 0 bridgehead atoms. The van der Waals surface area contributed by atoms with E-state index in [0.29, 0.717) is 6.17 Å². The highest BCUT2D eigenvalue weighted by atomic mass is 32.2. The van der Waals surface area contributed by atoms with Crippen LogP contribution >= 0.6 is 11.8 Å². The van der Waals surface area contributed by atoms with Crippen molar-refractivity contribution in [2.75, 3.05) is 38.2 Å². The largest absolute Gasteiger partial charge is 0.308 e. The summed E-state index contributed by atoms with van der Waals surface area (Å²) in [6, 6.07) is 0.809. The van der Waals surface area contributed by atoms with Gasteiger partial charge in [-0.2, -0.15) is 11.8 Å². The van der Waals surface area contributed by atoms with Crippen LogP contribution in [-0.2, 0) is 0 Å². The van der Waals surface area contributed by atoms with E-state index in [4.69, 9.17) is 0 Å². The molecular formula is C15H33N2S+. The third kappa shape index (κ3) is 3.88. The first-order valence-electron chi connectivity index (χ1n) is 7.73. The molecule has 2 nitrogen and oxygen atoms in total. The lowest BCUT2D eigenvalue weighted by Gasteiger charge is -2.41. The van der Waals surface area contributed by atoms with Gasteiger partial charge in [0.15, 0.2) is 0 Å². The molecule has 1 heterocycles. The minimum atomic E-state index is 0.703. The second kappa shape index (κ2) is 7.76. The molecule has 0 aromatic heterocycles. The van der Waals surface area contributed by atoms with Gasteiger partial charge in [0.05, 0.1) is 26.2 Å². The lowest BCUT2D eigenvalue weighted by Crippen LogP contribution is -2.56. The van der Waals surface area contributed by atoms with E-state index in [9.17, 15) is 0 Å². The first-order chi connectivity index (χ1) is 8.56. The Hall–Kier alpha value is 0.270. The van der Waals surface area contributed by atoms with Crippen molar-refractivity contribution in [3.8, 4) is 0 Å². The smallest absolute Gasteiger partial charge is 0.142 e. The molecule has 0 amide bonds. The first-order valence-corrected chi connectivity index (χ1v) is 8.88. The maximum Gasteiger partial charge on any atom is 0.142 e. The van der Waals surface area contributed by atoms with Crippen LogP contribution in [0.2, 0.25) is 0 Å². The van der Waals surface area contributed by atoms with E-state index in [1.807, 2.05) is 0 Å². The summed E-state index contributed by atoms with van der Waals surface area (Å²) < 4.78 is 1.26. The fraction of sp³-hybridized carbons (Fsp3) is 1.00. The maximum atomic E-state index is 2.70. The Morgan fingerprint density at radius 1 is 1.39 bits per heavy atom. The summed E-state index contributed by atoms with van der Waals surface area (Å²) in [6.07, 6.45) is 4.80. The Morgan fingerprint density at radius 3 is 2.72 bits per heavy atom. The topological polar surface area (TPSA) is 3.24 Å². The molecule has 0 radical (unpaired) electrons. The second-order valence-corrected chi connectivity index (χ2v) is 7.32. The van der Waals surface area contributed by atoms with Crippen LogP contribution in [0.5, 0.6) is 0 Å². The Bertz CT molecular complexity index is 235. The number of quaternary nitrogens is 1. The molecule has 1 rings (SSSR count). The van der Waals surface area contributed by atoms with Crippen molar-refractivity contribution in [3.05, 3.63) is 0 Å². The molecule has 0 saturated carbocycles. The molecule has 0 aliphatic carbocycles. The molecule has 1 aliphatic rings. The number of rotatable bonds is 8. The van der Waals surface area contributed by atoms with Crippen LogP contribution in [0, 0.1) is 0 Å². The normalized spacial score (nSPS) is 30.8. The first kappa shape index (κ1) is 16.3. The Kier molecular flexibility index (Phi) is 7.04. The average Bonchev–Trinajstić information content (AvgIpc) is 2.65. The molecule has 3 atom stereocenters. The lowest BCUT2D eigenvalue weighted by atomic mass is 10.1. The summed E-state index contributed by atoms with van der Waals surface area (Å²) in [7, 11) is 2.47. The number of unbranched alkanes of at least 4 members (excludes halogenated alkanes) is 1. The molecule has 1 saturated heterocycles. The molecule has 3 unspecified atom stereocenters. The van der Waals surface area contributed by atoms with E-state index in [-0.39, 0.29) is 0 Å². The number of hydrogen-bond acceptors (Lipinski definition) is 2. The Labute approximate surface area is 119 Å². The van der Waals surface area contributed by atoms with Crippen molar-refractivity contribution in [3.63, 3.8) is 0 Å². The van der Waals surface area contributed by atoms with Crippen molar-refractivity contribution in [1.82, 2.24) is 4.90 Å². The van der Waals surface area contributed by atoms with Crippen molar-refractivity contribution in [2.45, 2.75) is 59.2 Å². The maximum absolute atomic E-state index is 2.70. The Balaban J connectivity index is 2.47. The SMILES string of the molecule is CCCCC(C)[N+]1(C)CCN(CCSCC)C1C. The molecule has 0 aromatic carbocycles. The van der Waals surface area contributed by atoms with Crippen LogP contribution in [0.1, 0.15) is 47.0 Å². The minimum Gasteiger partial charge on any atom is -0.308 e. The zero-order chi connectivity index (χ0) is 13.6. The van der Waals surface area contributed by atoms with Gasteiger partial charge < -0.3 is 4.48 Å². The third-order valence-electron chi connectivity index (χ3n) is 4.96. The van der Waals surface area contributed by atoms with Gasteiger partial charge in [0.2, 0.25) is 0 Å². The zero-order valence-electron chi connectivity index (χ0n) is 13.1. The van der Waals surface area contributed by atoms with Crippen LogP contribution in [-0.4, -0.2) is 59.8 Å². The number of likely N-dealkylation sites (N-methyl/N-ethyl adjacent to an activating group) is 1. The summed E-state index contributed by atoms with van der Waals surface area (Å²) in [5, 5.41) is 0. The molecule has 108 valence electrons. The summed E-state index contributed by atoms with van der Waals surface area (Å²) in [4.78, 5) is 2.70. The van der Waals surface area contributed by atoms with Gasteiger partial charge in [0, 0.05) is 19.2 Å². The molecule has 0 spiro atoms. The highest BCUT2D eigenvalue weighted by molar-refractivity contribution is 7.99. The second-order valence-electron chi connectivity index (χ2n) is 5.93. The van der Waals surface area contributed by atoms with E-state index in [1.54, 1.807) is 0 Å². The molecule has 1 aliphatic heterocycles. The van der Waals surface area contributed by atoms with E-state index < -0.39 is 0 Å². The minimum absolute atomic E-state index is 0.703. The monoisotopic (exact) mass is 273 g/mol. The van der Waals surface area contributed by atoms with Crippen LogP contribution in [0.25, 0.3) is 0 Å². The van der Waals surface area contributed by atoms with Crippen molar-refractivity contribution >= 4 is 11.8 Å². The van der Waals surface area contributed by atoms with Gasteiger partial charge in [-0.15, -0.1) is 0 Å². The van der Waals surface area contributed by atoms with Crippen LogP contribution in [0.4, 0.5) is 0 Å². The molecule has 1 fully saturated rings. The van der Waals surface area contributed by atoms with Gasteiger partial charge in [-0.3, -0.25) is 0 Å². The number of hydrogen-bond donors (Lipinski definition) is 0. The van der Waals surface area contributed by atoms with Crippen molar-refractivity contribution in [1.29, 1.82) is 0 Å². The van der Waals surface area contributed by atoms with E-state index in [2.05, 4.69) is 51.4 Å². The van der Waals surface area contributed by atoms with Gasteiger partial charge in [0.1, 0.15) is 6.17 Å². The number of nitrogens with zero attached hydrogens (tertiary/aromatic N) is 2. The predicted octanol–water partition coefficient (Wildman–Crippen LogP) is 3.43. The molecule has 3 heteroatoms. The summed E-state index contributed by atoms with van der Waals surface area (Å²) in [6.45, 7) is 13.3. The molecule has 18 heavy (non-hydrogen) atoms. The van der Waals surface area contributed by atoms with Gasteiger partial charge in [-0.25, -0.2) is 4.90 Å². The highest BCUT2D eigenvalue weighted by Gasteiger charge is 2.43. The standard InChI is InChI=1S/C15H33N2S/c1-6-8-9-14(3)17(5)12-10-16(15(17)4)11-13-18-7-2/h14-15H,6-13H2,1-5H3/q+1. The van der Waals surface area contributed by atoms with Crippen LogP contribution in [0.15, 0.2) is 0 Å². The molecule has 0 aromatic rings. The summed E-state index contributed by atoms with van der Waals surface area (Å²) >= 11 is 2.07. The van der Waals surface area contributed by atoms with Gasteiger partial charge >= 0.3 is 0 Å². The van der Waals surface area contributed by atoms with E-state index >= 15 is 0 Å². The summed E-state index contributed by atoms with van der Waals surface area (Å²) in [5.41, 5.74) is 0. The zero-order valence-corrected chi connectivity index (χ0v) is 13.9. The quantitative estimate of drug-likeness (QED) is 0.492. The van der Waals surface area contributed by atoms with Gasteiger partial charge in [-0.1, -0.05) is 20.3 Å². The molecule has 0 N–H and O–H groups in total. The molecular weight excluding hydrogens is 240 g/mol. The Morgan fingerprint density at radius 2 is 2.11 bits per heavy atom. The van der Waals surface area contributed by atoms with Crippen molar-refractivity contribution < 1.29 is 4.48 Å². The average molecular weight is 274 g/mol.